The molecule has 3 aromatic heterocycles. The first-order chi connectivity index (χ1) is 22.8. The first-order valence-corrected chi connectivity index (χ1v) is 16.6. The highest BCUT2D eigenvalue weighted by atomic mass is 16.5. The van der Waals surface area contributed by atoms with Crippen LogP contribution in [0.4, 0.5) is 0 Å². The minimum Gasteiger partial charge on any atom is -0.469 e. The maximum atomic E-state index is 13.2. The number of carbonyl (C=O) groups is 3. The summed E-state index contributed by atoms with van der Waals surface area (Å²) in [5.74, 6) is -0.526. The molecule has 2 aliphatic rings. The van der Waals surface area contributed by atoms with Crippen LogP contribution in [-0.2, 0) is 35.7 Å². The Morgan fingerprint density at radius 3 is 2.17 bits per heavy atom. The lowest BCUT2D eigenvalue weighted by Gasteiger charge is -2.31. The number of methoxy groups -OCH3 is 2. The van der Waals surface area contributed by atoms with Crippen molar-refractivity contribution < 1.29 is 23.9 Å². The van der Waals surface area contributed by atoms with E-state index in [0.717, 1.165) is 79.1 Å². The summed E-state index contributed by atoms with van der Waals surface area (Å²) in [5.41, 5.74) is 11.3. The van der Waals surface area contributed by atoms with Crippen molar-refractivity contribution in [3.8, 4) is 0 Å². The summed E-state index contributed by atoms with van der Waals surface area (Å²) in [4.78, 5) is 56.9. The van der Waals surface area contributed by atoms with E-state index in [1.54, 1.807) is 19.0 Å². The average Bonchev–Trinajstić information content (AvgIpc) is 3.71. The molecular weight excluding hydrogens is 606 g/mol. The Labute approximate surface area is 282 Å². The summed E-state index contributed by atoms with van der Waals surface area (Å²) in [6, 6.07) is 10.3. The maximum absolute atomic E-state index is 13.2. The maximum Gasteiger partial charge on any atom is 0.305 e. The molecule has 0 radical (unpaired) electrons. The van der Waals surface area contributed by atoms with Crippen molar-refractivity contribution in [2.24, 2.45) is 0 Å². The van der Waals surface area contributed by atoms with Crippen molar-refractivity contribution in [3.63, 3.8) is 0 Å². The molecule has 10 nitrogen and oxygen atoms in total. The molecule has 1 amide bonds. The molecule has 2 N–H and O–H groups in total. The van der Waals surface area contributed by atoms with E-state index in [1.165, 1.54) is 14.2 Å². The molecule has 0 fully saturated rings. The van der Waals surface area contributed by atoms with Crippen LogP contribution in [-0.4, -0.2) is 71.0 Å². The zero-order valence-corrected chi connectivity index (χ0v) is 29.6. The number of nitrogens with one attached hydrogen (secondary N) is 2. The molecule has 0 aliphatic carbocycles. The van der Waals surface area contributed by atoms with Gasteiger partial charge in [0.05, 0.1) is 25.6 Å². The Balaban J connectivity index is 1.86. The summed E-state index contributed by atoms with van der Waals surface area (Å²) in [6.45, 7) is 10.4. The van der Waals surface area contributed by atoms with Gasteiger partial charge in [-0.2, -0.15) is 0 Å². The Hall–Kier alpha value is -4.73. The third kappa shape index (κ3) is 6.66. The van der Waals surface area contributed by atoms with Crippen molar-refractivity contribution in [2.75, 3.05) is 28.3 Å². The van der Waals surface area contributed by atoms with Crippen LogP contribution in [0.25, 0.3) is 33.2 Å². The predicted octanol–water partition coefficient (Wildman–Crippen LogP) is 6.85. The van der Waals surface area contributed by atoms with Gasteiger partial charge in [0.25, 0.3) is 0 Å². The fourth-order valence-corrected chi connectivity index (χ4v) is 7.05. The second-order valence-electron chi connectivity index (χ2n) is 13.4. The lowest BCUT2D eigenvalue weighted by Crippen LogP contribution is -2.34. The Kier molecular flexibility index (Phi) is 9.94. The molecule has 48 heavy (non-hydrogen) atoms. The van der Waals surface area contributed by atoms with Crippen LogP contribution in [0.3, 0.4) is 0 Å². The number of fused-ring (bicyclic) bond motifs is 8. The van der Waals surface area contributed by atoms with E-state index >= 15 is 0 Å². The van der Waals surface area contributed by atoms with Gasteiger partial charge < -0.3 is 24.3 Å². The van der Waals surface area contributed by atoms with Gasteiger partial charge in [-0.05, 0) is 98.2 Å². The van der Waals surface area contributed by atoms with E-state index in [2.05, 4.69) is 48.9 Å². The standard InChI is InChI=1S/C38H47N5O5/c1-10-27-33-18-30-23(4)26(12-14-37(46)48-9)32(41-30)19-31-25(11-13-36(45)47-8)22(3)29(40-31)17-28-21(2)15-24(39-28)16-34(42-33)38(27,5)20-35(44)43(6)7/h15-19,27,39,41H,10-14,20H2,1-9H3/t27-,38-/m0/s1. The molecule has 0 aromatic carbocycles. The Bertz CT molecular complexity index is 1970. The van der Waals surface area contributed by atoms with Gasteiger partial charge in [-0.25, -0.2) is 4.98 Å². The molecule has 10 heteroatoms. The molecule has 5 heterocycles. The third-order valence-electron chi connectivity index (χ3n) is 10.1. The summed E-state index contributed by atoms with van der Waals surface area (Å²) < 4.78 is 9.93. The van der Waals surface area contributed by atoms with Crippen LogP contribution in [0.15, 0.2) is 30.3 Å². The number of aryl methyl sites for hydroxylation is 3. The average molecular weight is 654 g/mol. The van der Waals surface area contributed by atoms with Gasteiger partial charge in [0, 0.05) is 78.1 Å². The summed E-state index contributed by atoms with van der Waals surface area (Å²) in [5, 5.41) is 0. The number of hydrogen-bond donors (Lipinski definition) is 2. The molecule has 8 bridgehead atoms. The topological polar surface area (TPSA) is 130 Å². The monoisotopic (exact) mass is 653 g/mol. The number of aromatic nitrogens is 4. The third-order valence-corrected chi connectivity index (χ3v) is 10.1. The molecule has 3 aromatic rings. The van der Waals surface area contributed by atoms with Gasteiger partial charge in [-0.1, -0.05) is 13.8 Å². The summed E-state index contributed by atoms with van der Waals surface area (Å²) in [6.07, 6.45) is 2.52. The van der Waals surface area contributed by atoms with E-state index in [4.69, 9.17) is 19.4 Å². The minimum atomic E-state index is -0.533. The molecule has 0 saturated carbocycles. The van der Waals surface area contributed by atoms with Crippen LogP contribution in [0.1, 0.15) is 98.3 Å². The fraction of sp³-hybridized carbons (Fsp3) is 0.447. The molecule has 0 spiro atoms. The van der Waals surface area contributed by atoms with Gasteiger partial charge in [-0.15, -0.1) is 0 Å². The second-order valence-corrected chi connectivity index (χ2v) is 13.4. The van der Waals surface area contributed by atoms with Crippen LogP contribution < -0.4 is 0 Å². The van der Waals surface area contributed by atoms with Gasteiger partial charge in [0.2, 0.25) is 5.91 Å². The van der Waals surface area contributed by atoms with E-state index < -0.39 is 5.41 Å². The fourth-order valence-electron chi connectivity index (χ4n) is 7.05. The van der Waals surface area contributed by atoms with Crippen molar-refractivity contribution in [1.29, 1.82) is 0 Å². The lowest BCUT2D eigenvalue weighted by atomic mass is 9.71. The number of nitrogens with zero attached hydrogens (tertiary/aromatic N) is 3. The number of carbonyl (C=O) groups excluding carboxylic acids is 3. The molecule has 254 valence electrons. The second kappa shape index (κ2) is 13.8. The number of H-pyrrole nitrogens is 2. The largest absolute Gasteiger partial charge is 0.469 e. The number of aromatic amines is 2. The highest BCUT2D eigenvalue weighted by molar-refractivity contribution is 5.94. The van der Waals surface area contributed by atoms with E-state index in [0.29, 0.717) is 19.3 Å². The number of hydrogen-bond acceptors (Lipinski definition) is 7. The highest BCUT2D eigenvalue weighted by Gasteiger charge is 2.44. The number of rotatable bonds is 9. The van der Waals surface area contributed by atoms with Crippen LogP contribution in [0.5, 0.6) is 0 Å². The van der Waals surface area contributed by atoms with Crippen LogP contribution >= 0.6 is 0 Å². The van der Waals surface area contributed by atoms with Crippen molar-refractivity contribution in [1.82, 2.24) is 24.8 Å². The minimum absolute atomic E-state index is 0.00877. The van der Waals surface area contributed by atoms with E-state index in [9.17, 15) is 14.4 Å². The van der Waals surface area contributed by atoms with Gasteiger partial charge in [0.1, 0.15) is 0 Å². The molecule has 0 saturated heterocycles. The van der Waals surface area contributed by atoms with Gasteiger partial charge in [-0.3, -0.25) is 19.4 Å². The highest BCUT2D eigenvalue weighted by Crippen LogP contribution is 2.47. The molecule has 2 atom stereocenters. The van der Waals surface area contributed by atoms with E-state index in [-0.39, 0.29) is 36.6 Å². The van der Waals surface area contributed by atoms with Gasteiger partial charge >= 0.3 is 11.9 Å². The normalized spacial score (nSPS) is 17.4. The number of allylic oxidation sites excluding steroid dienone is 2. The van der Waals surface area contributed by atoms with Crippen molar-refractivity contribution in [3.05, 3.63) is 69.8 Å². The van der Waals surface area contributed by atoms with Crippen LogP contribution in [0, 0.1) is 13.8 Å². The van der Waals surface area contributed by atoms with Crippen LogP contribution in [0.2, 0.25) is 0 Å². The Morgan fingerprint density at radius 2 is 1.52 bits per heavy atom. The summed E-state index contributed by atoms with van der Waals surface area (Å²) >= 11 is 0. The van der Waals surface area contributed by atoms with Crippen molar-refractivity contribution in [2.45, 2.75) is 84.5 Å². The lowest BCUT2D eigenvalue weighted by molar-refractivity contribution is -0.141. The Morgan fingerprint density at radius 1 is 0.854 bits per heavy atom. The predicted molar refractivity (Wildman–Crippen MR) is 188 cm³/mol. The first-order valence-electron chi connectivity index (χ1n) is 16.6. The smallest absolute Gasteiger partial charge is 0.305 e. The number of esters is 2. The first kappa shape index (κ1) is 34.6. The van der Waals surface area contributed by atoms with E-state index in [1.807, 2.05) is 26.0 Å². The molecule has 2 aliphatic heterocycles. The van der Waals surface area contributed by atoms with Gasteiger partial charge in [0.15, 0.2) is 0 Å². The molecule has 5 rings (SSSR count). The number of ether oxygens (including phenoxy) is 2. The zero-order chi connectivity index (χ0) is 34.9. The molecular formula is C38H47N5O5. The zero-order valence-electron chi connectivity index (χ0n) is 29.6. The van der Waals surface area contributed by atoms with Crippen molar-refractivity contribution >= 4 is 51.1 Å². The summed E-state index contributed by atoms with van der Waals surface area (Å²) in [7, 11) is 6.38. The molecule has 0 unspecified atom stereocenters. The quantitative estimate of drug-likeness (QED) is 0.242. The SMILES string of the molecule is CC[C@H]1c2cc3[nH]c(cc4nc(cc5[nH]c(cc(n2)[C@@]1(C)CC(=O)N(C)C)cc5C)C(C)=C4CCC(=O)OC)c(CCC(=O)OC)c3C. The number of amides is 1.